The summed E-state index contributed by atoms with van der Waals surface area (Å²) < 4.78 is 0. The Labute approximate surface area is 165 Å². The minimum absolute atomic E-state index is 0.434. The lowest BCUT2D eigenvalue weighted by molar-refractivity contribution is -0.262. The van der Waals surface area contributed by atoms with Crippen LogP contribution in [0.4, 0.5) is 0 Å². The molecule has 9 unspecified atom stereocenters. The van der Waals surface area contributed by atoms with Crippen molar-refractivity contribution < 1.29 is 0 Å². The van der Waals surface area contributed by atoms with Gasteiger partial charge in [0.15, 0.2) is 0 Å². The quantitative estimate of drug-likeness (QED) is 0.475. The monoisotopic (exact) mass is 360 g/mol. The molecule has 0 amide bonds. The molecule has 3 rings (SSSR count). The van der Waals surface area contributed by atoms with E-state index < -0.39 is 0 Å². The van der Waals surface area contributed by atoms with Crippen LogP contribution in [0.5, 0.6) is 0 Å². The summed E-state index contributed by atoms with van der Waals surface area (Å²) in [4.78, 5) is 0. The van der Waals surface area contributed by atoms with Crippen molar-refractivity contribution in [3.05, 3.63) is 0 Å². The lowest BCUT2D eigenvalue weighted by atomic mass is 9.31. The van der Waals surface area contributed by atoms with E-state index in [9.17, 15) is 0 Å². The first kappa shape index (κ1) is 20.7. The van der Waals surface area contributed by atoms with E-state index >= 15 is 0 Å². The molecule has 0 aromatic carbocycles. The molecule has 0 aliphatic heterocycles. The van der Waals surface area contributed by atoms with Crippen LogP contribution in [0.3, 0.4) is 0 Å². The average Bonchev–Trinajstić information content (AvgIpc) is 2.68. The molecule has 2 bridgehead atoms. The summed E-state index contributed by atoms with van der Waals surface area (Å²) in [6.07, 6.45) is 4.20. The third-order valence-electron chi connectivity index (χ3n) is 12.2. The molecule has 3 aliphatic carbocycles. The summed E-state index contributed by atoms with van der Waals surface area (Å²) in [5, 5.41) is 0. The van der Waals surface area contributed by atoms with Gasteiger partial charge in [-0.2, -0.15) is 0 Å². The Bertz CT molecular complexity index is 571. The molecule has 0 nitrogen and oxygen atoms in total. The maximum absolute atomic E-state index is 2.71. The molecule has 0 heterocycles. The summed E-state index contributed by atoms with van der Waals surface area (Å²) in [5.74, 6) is 5.11. The second-order valence-electron chi connectivity index (χ2n) is 13.0. The van der Waals surface area contributed by atoms with Gasteiger partial charge in [-0.05, 0) is 75.4 Å². The summed E-state index contributed by atoms with van der Waals surface area (Å²) in [6.45, 7) is 31.1. The molecule has 26 heavy (non-hydrogen) atoms. The van der Waals surface area contributed by atoms with Crippen molar-refractivity contribution in [2.45, 2.75) is 102 Å². The van der Waals surface area contributed by atoms with Crippen LogP contribution in [0.25, 0.3) is 0 Å². The highest BCUT2D eigenvalue weighted by Crippen LogP contribution is 2.89. The van der Waals surface area contributed by atoms with Crippen molar-refractivity contribution in [3.8, 4) is 0 Å². The van der Waals surface area contributed by atoms with E-state index in [0.29, 0.717) is 27.1 Å². The molecule has 0 aromatic rings. The molecule has 152 valence electrons. The molecule has 0 N–H and O–H groups in total. The fraction of sp³-hybridized carbons (Fsp3) is 1.00. The van der Waals surface area contributed by atoms with Crippen molar-refractivity contribution >= 4 is 0 Å². The van der Waals surface area contributed by atoms with E-state index in [-0.39, 0.29) is 0 Å². The summed E-state index contributed by atoms with van der Waals surface area (Å²) >= 11 is 0. The number of hydrogen-bond donors (Lipinski definition) is 0. The molecular formula is C26H48. The van der Waals surface area contributed by atoms with Gasteiger partial charge in [0.05, 0.1) is 0 Å². The highest BCUT2D eigenvalue weighted by atomic mass is 14.9. The molecule has 3 fully saturated rings. The molecule has 0 saturated heterocycles. The van der Waals surface area contributed by atoms with E-state index in [1.54, 1.807) is 0 Å². The highest BCUT2D eigenvalue weighted by Gasteiger charge is 2.83. The summed E-state index contributed by atoms with van der Waals surface area (Å²) in [6, 6.07) is 0. The van der Waals surface area contributed by atoms with Crippen LogP contribution in [0.1, 0.15) is 102 Å². The fourth-order valence-electron chi connectivity index (χ4n) is 9.48. The molecular weight excluding hydrogens is 312 g/mol. The average molecular weight is 361 g/mol. The van der Waals surface area contributed by atoms with Crippen LogP contribution in [0.15, 0.2) is 0 Å². The third-order valence-corrected chi connectivity index (χ3v) is 12.2. The van der Waals surface area contributed by atoms with Gasteiger partial charge in [-0.3, -0.25) is 0 Å². The fourth-order valence-corrected chi connectivity index (χ4v) is 9.48. The number of hydrogen-bond acceptors (Lipinski definition) is 0. The largest absolute Gasteiger partial charge is 0.0651 e. The number of rotatable bonds is 4. The van der Waals surface area contributed by atoms with Crippen LogP contribution in [0, 0.1) is 62.6 Å². The van der Waals surface area contributed by atoms with Gasteiger partial charge in [-0.25, -0.2) is 0 Å². The predicted molar refractivity (Wildman–Crippen MR) is 115 cm³/mol. The van der Waals surface area contributed by atoms with Crippen LogP contribution >= 0.6 is 0 Å². The van der Waals surface area contributed by atoms with Gasteiger partial charge >= 0.3 is 0 Å². The van der Waals surface area contributed by atoms with E-state index in [1.165, 1.54) is 19.3 Å². The van der Waals surface area contributed by atoms with E-state index in [4.69, 9.17) is 0 Å². The summed E-state index contributed by atoms with van der Waals surface area (Å²) in [5.41, 5.74) is 2.34. The predicted octanol–water partition coefficient (Wildman–Crippen LogP) is 8.07. The Morgan fingerprint density at radius 2 is 1.42 bits per heavy atom. The first-order chi connectivity index (χ1) is 11.6. The zero-order valence-corrected chi connectivity index (χ0v) is 20.1. The Kier molecular flexibility index (Phi) is 4.41. The molecule has 0 radical (unpaired) electrons. The van der Waals surface area contributed by atoms with Gasteiger partial charge in [-0.15, -0.1) is 0 Å². The third kappa shape index (κ3) is 1.98. The van der Waals surface area contributed by atoms with Crippen LogP contribution in [-0.2, 0) is 0 Å². The molecule has 3 aliphatic rings. The van der Waals surface area contributed by atoms with Gasteiger partial charge in [0, 0.05) is 0 Å². The van der Waals surface area contributed by atoms with Crippen molar-refractivity contribution in [2.24, 2.45) is 62.6 Å². The van der Waals surface area contributed by atoms with E-state index in [1.807, 2.05) is 0 Å². The second-order valence-corrected chi connectivity index (χ2v) is 13.0. The Hall–Kier alpha value is 0. The van der Waals surface area contributed by atoms with Crippen molar-refractivity contribution in [1.82, 2.24) is 0 Å². The van der Waals surface area contributed by atoms with Crippen LogP contribution in [0.2, 0.25) is 0 Å². The Morgan fingerprint density at radius 3 is 1.92 bits per heavy atom. The van der Waals surface area contributed by atoms with Gasteiger partial charge in [0.1, 0.15) is 0 Å². The molecule has 0 heteroatoms. The van der Waals surface area contributed by atoms with Crippen LogP contribution < -0.4 is 0 Å². The normalized spacial score (nSPS) is 51.9. The van der Waals surface area contributed by atoms with Gasteiger partial charge in [-0.1, -0.05) is 89.5 Å². The molecule has 0 aromatic heterocycles. The Balaban J connectivity index is 2.08. The first-order valence-corrected chi connectivity index (χ1v) is 11.6. The lowest BCUT2D eigenvalue weighted by Crippen LogP contribution is -2.69. The SMILES string of the molecule is CCC(C)C(C)C(C)C1C2C3(C)CC(C)C(C)(C)C(C)(C3)C2(C)C1(C)C. The van der Waals surface area contributed by atoms with Gasteiger partial charge in [0.2, 0.25) is 0 Å². The minimum Gasteiger partial charge on any atom is -0.0651 e. The standard InChI is InChI=1S/C26H48/c1-13-16(2)18(4)19(5)20-21-24(10)14-17(3)22(6,7)25(11,15-24)26(21,12)23(20,8)9/h16-21H,13-15H2,1-12H3. The maximum atomic E-state index is 2.71. The van der Waals surface area contributed by atoms with Crippen molar-refractivity contribution in [3.63, 3.8) is 0 Å². The van der Waals surface area contributed by atoms with Gasteiger partial charge in [0.25, 0.3) is 0 Å². The maximum Gasteiger partial charge on any atom is -0.0176 e. The smallest absolute Gasteiger partial charge is 0.0176 e. The number of fused-ring (bicyclic) bond motifs is 5. The van der Waals surface area contributed by atoms with E-state index in [0.717, 1.165) is 35.5 Å². The first-order valence-electron chi connectivity index (χ1n) is 11.6. The van der Waals surface area contributed by atoms with Crippen molar-refractivity contribution in [2.75, 3.05) is 0 Å². The molecule has 9 atom stereocenters. The zero-order chi connectivity index (χ0) is 20.1. The minimum atomic E-state index is 0.434. The van der Waals surface area contributed by atoms with Crippen LogP contribution in [-0.4, -0.2) is 0 Å². The molecule has 0 spiro atoms. The topological polar surface area (TPSA) is 0 Å². The van der Waals surface area contributed by atoms with Crippen molar-refractivity contribution in [1.29, 1.82) is 0 Å². The van der Waals surface area contributed by atoms with Gasteiger partial charge < -0.3 is 0 Å². The van der Waals surface area contributed by atoms with E-state index in [2.05, 4.69) is 83.1 Å². The Morgan fingerprint density at radius 1 is 0.885 bits per heavy atom. The summed E-state index contributed by atoms with van der Waals surface area (Å²) in [7, 11) is 0. The zero-order valence-electron chi connectivity index (χ0n) is 20.1. The highest BCUT2D eigenvalue weighted by molar-refractivity contribution is 5.30. The lowest BCUT2D eigenvalue weighted by Gasteiger charge is -2.73. The molecule has 3 saturated carbocycles. The second kappa shape index (κ2) is 5.54.